The van der Waals surface area contributed by atoms with E-state index in [4.69, 9.17) is 0 Å². The average molecular weight is 267 g/mol. The Morgan fingerprint density at radius 2 is 2.11 bits per heavy atom. The van der Waals surface area contributed by atoms with Crippen LogP contribution in [-0.2, 0) is 11.2 Å². The summed E-state index contributed by atoms with van der Waals surface area (Å²) in [6, 6.07) is 3.36. The molecule has 0 saturated carbocycles. The Balaban J connectivity index is 1.99. The summed E-state index contributed by atoms with van der Waals surface area (Å²) in [5.74, 6) is -0.897. The molecule has 0 aliphatic carbocycles. The van der Waals surface area contributed by atoms with Crippen molar-refractivity contribution < 1.29 is 13.6 Å². The molecule has 0 unspecified atom stereocenters. The number of hydrogen-bond donors (Lipinski definition) is 0. The van der Waals surface area contributed by atoms with E-state index in [0.717, 1.165) is 37.6 Å². The third-order valence-electron chi connectivity index (χ3n) is 3.82. The van der Waals surface area contributed by atoms with Gasteiger partial charge in [0, 0.05) is 18.5 Å². The van der Waals surface area contributed by atoms with Crippen molar-refractivity contribution in [1.82, 2.24) is 4.90 Å². The highest BCUT2D eigenvalue weighted by molar-refractivity contribution is 5.77. The fourth-order valence-electron chi connectivity index (χ4n) is 2.68. The molecule has 1 aromatic rings. The van der Waals surface area contributed by atoms with Gasteiger partial charge in [0.25, 0.3) is 0 Å². The van der Waals surface area contributed by atoms with E-state index in [1.807, 2.05) is 18.7 Å². The van der Waals surface area contributed by atoms with Crippen molar-refractivity contribution in [1.29, 1.82) is 0 Å². The molecule has 1 aromatic carbocycles. The van der Waals surface area contributed by atoms with Crippen LogP contribution in [0.3, 0.4) is 0 Å². The number of carbonyl (C=O) groups is 1. The fourth-order valence-corrected chi connectivity index (χ4v) is 2.68. The lowest BCUT2D eigenvalue weighted by Gasteiger charge is -2.31. The minimum Gasteiger partial charge on any atom is -0.338 e. The normalized spacial score (nSPS) is 17.8. The Kier molecular flexibility index (Phi) is 3.88. The van der Waals surface area contributed by atoms with Gasteiger partial charge in [-0.1, -0.05) is 0 Å². The van der Waals surface area contributed by atoms with Crippen LogP contribution in [0.15, 0.2) is 18.2 Å². The van der Waals surface area contributed by atoms with Gasteiger partial charge in [-0.2, -0.15) is 0 Å². The molecule has 0 aromatic heterocycles. The standard InChI is InChI=1S/C15H19F2NO/c1-15(2)8-3-9-18(15)14(19)7-4-11-10-12(16)5-6-13(11)17/h5-6,10H,3-4,7-9H2,1-2H3. The highest BCUT2D eigenvalue weighted by Gasteiger charge is 2.34. The van der Waals surface area contributed by atoms with Crippen LogP contribution in [0.5, 0.6) is 0 Å². The zero-order chi connectivity index (χ0) is 14.0. The number of aryl methyl sites for hydroxylation is 1. The zero-order valence-corrected chi connectivity index (χ0v) is 11.4. The molecule has 1 heterocycles. The van der Waals surface area contributed by atoms with E-state index in [1.54, 1.807) is 0 Å². The van der Waals surface area contributed by atoms with E-state index in [2.05, 4.69) is 0 Å². The molecule has 0 bridgehead atoms. The molecule has 4 heteroatoms. The lowest BCUT2D eigenvalue weighted by Crippen LogP contribution is -2.42. The Morgan fingerprint density at radius 3 is 2.74 bits per heavy atom. The number of benzene rings is 1. The van der Waals surface area contributed by atoms with E-state index in [-0.39, 0.29) is 29.9 Å². The average Bonchev–Trinajstić information content (AvgIpc) is 2.70. The number of rotatable bonds is 3. The molecule has 2 nitrogen and oxygen atoms in total. The maximum absolute atomic E-state index is 13.5. The molecular weight excluding hydrogens is 248 g/mol. The van der Waals surface area contributed by atoms with Gasteiger partial charge in [0.05, 0.1) is 0 Å². The molecule has 1 amide bonds. The summed E-state index contributed by atoms with van der Waals surface area (Å²) in [5, 5.41) is 0. The number of amides is 1. The van der Waals surface area contributed by atoms with Crippen molar-refractivity contribution in [3.63, 3.8) is 0 Å². The van der Waals surface area contributed by atoms with Crippen LogP contribution >= 0.6 is 0 Å². The van der Waals surface area contributed by atoms with E-state index in [1.165, 1.54) is 0 Å². The predicted octanol–water partition coefficient (Wildman–Crippen LogP) is 3.30. The smallest absolute Gasteiger partial charge is 0.223 e. The molecule has 104 valence electrons. The summed E-state index contributed by atoms with van der Waals surface area (Å²) in [7, 11) is 0. The first kappa shape index (κ1) is 14.0. The Hall–Kier alpha value is -1.45. The summed E-state index contributed by atoms with van der Waals surface area (Å²) in [6.07, 6.45) is 2.47. The summed E-state index contributed by atoms with van der Waals surface area (Å²) < 4.78 is 26.5. The van der Waals surface area contributed by atoms with Crippen molar-refractivity contribution in [2.45, 2.75) is 45.1 Å². The van der Waals surface area contributed by atoms with Gasteiger partial charge in [-0.25, -0.2) is 8.78 Å². The van der Waals surface area contributed by atoms with Crippen LogP contribution in [0.25, 0.3) is 0 Å². The number of likely N-dealkylation sites (tertiary alicyclic amines) is 1. The van der Waals surface area contributed by atoms with Crippen LogP contribution in [0, 0.1) is 11.6 Å². The fraction of sp³-hybridized carbons (Fsp3) is 0.533. The first-order chi connectivity index (χ1) is 8.90. The largest absolute Gasteiger partial charge is 0.338 e. The molecule has 1 aliphatic rings. The second-order valence-corrected chi connectivity index (χ2v) is 5.70. The monoisotopic (exact) mass is 267 g/mol. The van der Waals surface area contributed by atoms with Gasteiger partial charge in [0.15, 0.2) is 0 Å². The Labute approximate surface area is 112 Å². The maximum atomic E-state index is 13.5. The quantitative estimate of drug-likeness (QED) is 0.823. The lowest BCUT2D eigenvalue weighted by molar-refractivity contribution is -0.134. The van der Waals surface area contributed by atoms with Crippen molar-refractivity contribution in [3.05, 3.63) is 35.4 Å². The molecule has 19 heavy (non-hydrogen) atoms. The van der Waals surface area contributed by atoms with E-state index < -0.39 is 11.6 Å². The van der Waals surface area contributed by atoms with Crippen LogP contribution in [0.1, 0.15) is 38.7 Å². The number of halogens is 2. The van der Waals surface area contributed by atoms with Crippen molar-refractivity contribution in [3.8, 4) is 0 Å². The SMILES string of the molecule is CC1(C)CCCN1C(=O)CCc1cc(F)ccc1F. The van der Waals surface area contributed by atoms with Crippen LogP contribution in [-0.4, -0.2) is 22.9 Å². The second-order valence-electron chi connectivity index (χ2n) is 5.70. The third kappa shape index (κ3) is 3.11. The Morgan fingerprint density at radius 1 is 1.37 bits per heavy atom. The number of hydrogen-bond acceptors (Lipinski definition) is 1. The molecule has 1 aliphatic heterocycles. The third-order valence-corrected chi connectivity index (χ3v) is 3.82. The molecule has 1 fully saturated rings. The molecule has 0 radical (unpaired) electrons. The summed E-state index contributed by atoms with van der Waals surface area (Å²) in [4.78, 5) is 14.0. The zero-order valence-electron chi connectivity index (χ0n) is 11.4. The Bertz CT molecular complexity index is 485. The second kappa shape index (κ2) is 5.27. The summed E-state index contributed by atoms with van der Waals surface area (Å²) in [6.45, 7) is 4.85. The van der Waals surface area contributed by atoms with Crippen molar-refractivity contribution in [2.24, 2.45) is 0 Å². The number of nitrogens with zero attached hydrogens (tertiary/aromatic N) is 1. The van der Waals surface area contributed by atoms with E-state index >= 15 is 0 Å². The van der Waals surface area contributed by atoms with Gasteiger partial charge in [-0.15, -0.1) is 0 Å². The predicted molar refractivity (Wildman–Crippen MR) is 69.7 cm³/mol. The molecule has 2 rings (SSSR count). The van der Waals surface area contributed by atoms with Crippen LogP contribution in [0.2, 0.25) is 0 Å². The van der Waals surface area contributed by atoms with Gasteiger partial charge < -0.3 is 4.90 Å². The van der Waals surface area contributed by atoms with Gasteiger partial charge >= 0.3 is 0 Å². The van der Waals surface area contributed by atoms with E-state index in [0.29, 0.717) is 0 Å². The molecule has 0 N–H and O–H groups in total. The van der Waals surface area contributed by atoms with E-state index in [9.17, 15) is 13.6 Å². The van der Waals surface area contributed by atoms with Crippen LogP contribution < -0.4 is 0 Å². The minimum atomic E-state index is -0.467. The van der Waals surface area contributed by atoms with Crippen LogP contribution in [0.4, 0.5) is 8.78 Å². The first-order valence-corrected chi connectivity index (χ1v) is 6.64. The van der Waals surface area contributed by atoms with Gasteiger partial charge in [0.1, 0.15) is 11.6 Å². The number of carbonyl (C=O) groups excluding carboxylic acids is 1. The summed E-state index contributed by atoms with van der Waals surface area (Å²) in [5.41, 5.74) is 0.155. The maximum Gasteiger partial charge on any atom is 0.223 e. The topological polar surface area (TPSA) is 20.3 Å². The van der Waals surface area contributed by atoms with Gasteiger partial charge in [0.2, 0.25) is 5.91 Å². The highest BCUT2D eigenvalue weighted by atomic mass is 19.1. The molecule has 1 saturated heterocycles. The summed E-state index contributed by atoms with van der Waals surface area (Å²) >= 11 is 0. The molecular formula is C15H19F2NO. The highest BCUT2D eigenvalue weighted by Crippen LogP contribution is 2.29. The lowest BCUT2D eigenvalue weighted by atomic mass is 10.0. The molecule has 0 spiro atoms. The van der Waals surface area contributed by atoms with Crippen molar-refractivity contribution >= 4 is 5.91 Å². The minimum absolute atomic E-state index is 0.0196. The molecule has 0 atom stereocenters. The van der Waals surface area contributed by atoms with Crippen molar-refractivity contribution in [2.75, 3.05) is 6.54 Å². The van der Waals surface area contributed by atoms with Gasteiger partial charge in [-0.3, -0.25) is 4.79 Å². The van der Waals surface area contributed by atoms with Gasteiger partial charge in [-0.05, 0) is 56.9 Å². The first-order valence-electron chi connectivity index (χ1n) is 6.64.